The van der Waals surface area contributed by atoms with Gasteiger partial charge in [0, 0.05) is 5.69 Å². The van der Waals surface area contributed by atoms with Crippen molar-refractivity contribution in [2.75, 3.05) is 5.32 Å². The molecule has 0 atom stereocenters. The maximum absolute atomic E-state index is 12.0. The highest BCUT2D eigenvalue weighted by atomic mass is 79.9. The van der Waals surface area contributed by atoms with Crippen LogP contribution in [-0.2, 0) is 0 Å². The first-order valence-electron chi connectivity index (χ1n) is 5.08. The van der Waals surface area contributed by atoms with Crippen molar-refractivity contribution in [1.82, 2.24) is 4.98 Å². The molecule has 0 fully saturated rings. The zero-order valence-corrected chi connectivity index (χ0v) is 10.7. The molecule has 1 aromatic carbocycles. The maximum Gasteiger partial charge on any atom is 0.387 e. The average molecular weight is 315 g/mol. The van der Waals surface area contributed by atoms with Crippen LogP contribution in [0.25, 0.3) is 0 Å². The van der Waals surface area contributed by atoms with Crippen LogP contribution in [0.5, 0.6) is 5.75 Å². The number of aromatic nitrogens is 1. The van der Waals surface area contributed by atoms with Gasteiger partial charge in [0.15, 0.2) is 0 Å². The van der Waals surface area contributed by atoms with Gasteiger partial charge in [-0.25, -0.2) is 4.98 Å². The summed E-state index contributed by atoms with van der Waals surface area (Å²) >= 11 is 3.26. The van der Waals surface area contributed by atoms with Crippen LogP contribution < -0.4 is 10.1 Å². The summed E-state index contributed by atoms with van der Waals surface area (Å²) in [5.74, 6) is 0.782. The molecule has 0 aliphatic carbocycles. The van der Waals surface area contributed by atoms with Gasteiger partial charge in [-0.3, -0.25) is 0 Å². The molecule has 0 spiro atoms. The topological polar surface area (TPSA) is 34.1 Å². The largest absolute Gasteiger partial charge is 0.435 e. The molecule has 3 nitrogen and oxygen atoms in total. The number of pyridine rings is 1. The van der Waals surface area contributed by atoms with Gasteiger partial charge in [0.2, 0.25) is 0 Å². The highest BCUT2D eigenvalue weighted by Crippen LogP contribution is 2.21. The van der Waals surface area contributed by atoms with Gasteiger partial charge in [-0.1, -0.05) is 6.07 Å². The zero-order chi connectivity index (χ0) is 13.0. The fraction of sp³-hybridized carbons (Fsp3) is 0.0833. The molecule has 0 aliphatic rings. The molecule has 94 valence electrons. The molecule has 0 saturated carbocycles. The number of halogens is 3. The summed E-state index contributed by atoms with van der Waals surface area (Å²) in [5, 5.41) is 3.04. The van der Waals surface area contributed by atoms with Crippen LogP contribution in [0.2, 0.25) is 0 Å². The van der Waals surface area contributed by atoms with Gasteiger partial charge in [0.25, 0.3) is 0 Å². The van der Waals surface area contributed by atoms with Gasteiger partial charge in [-0.15, -0.1) is 0 Å². The second-order valence-corrected chi connectivity index (χ2v) is 4.19. The number of alkyl halides is 2. The van der Waals surface area contributed by atoms with Gasteiger partial charge < -0.3 is 10.1 Å². The third kappa shape index (κ3) is 3.66. The highest BCUT2D eigenvalue weighted by Gasteiger charge is 2.03. The second kappa shape index (κ2) is 5.77. The number of hydrogen-bond acceptors (Lipinski definition) is 3. The van der Waals surface area contributed by atoms with Crippen molar-refractivity contribution >= 4 is 27.4 Å². The van der Waals surface area contributed by atoms with Gasteiger partial charge in [-0.2, -0.15) is 8.78 Å². The first-order valence-corrected chi connectivity index (χ1v) is 5.87. The van der Waals surface area contributed by atoms with Crippen LogP contribution in [-0.4, -0.2) is 11.6 Å². The Balaban J connectivity index is 2.06. The van der Waals surface area contributed by atoms with Crippen molar-refractivity contribution in [2.24, 2.45) is 0 Å². The summed E-state index contributed by atoms with van der Waals surface area (Å²) in [5.41, 5.74) is 0.738. The normalized spacial score (nSPS) is 10.4. The van der Waals surface area contributed by atoms with Gasteiger partial charge in [0.1, 0.15) is 16.2 Å². The van der Waals surface area contributed by atoms with Gasteiger partial charge >= 0.3 is 6.61 Å². The lowest BCUT2D eigenvalue weighted by Gasteiger charge is -2.07. The number of hydrogen-bond donors (Lipinski definition) is 1. The van der Waals surface area contributed by atoms with Crippen molar-refractivity contribution in [2.45, 2.75) is 6.61 Å². The van der Waals surface area contributed by atoms with Crippen molar-refractivity contribution in [1.29, 1.82) is 0 Å². The fourth-order valence-corrected chi connectivity index (χ4v) is 1.69. The fourth-order valence-electron chi connectivity index (χ4n) is 1.35. The Hall–Kier alpha value is -1.69. The van der Waals surface area contributed by atoms with E-state index in [1.807, 2.05) is 12.1 Å². The van der Waals surface area contributed by atoms with Crippen molar-refractivity contribution in [3.63, 3.8) is 0 Å². The summed E-state index contributed by atoms with van der Waals surface area (Å²) < 4.78 is 28.9. The minimum atomic E-state index is -2.81. The molecule has 2 rings (SSSR count). The molecule has 1 heterocycles. The Morgan fingerprint density at radius 2 is 1.83 bits per heavy atom. The summed E-state index contributed by atoms with van der Waals surface area (Å²) in [6.45, 7) is -2.81. The van der Waals surface area contributed by atoms with E-state index < -0.39 is 6.61 Å². The number of nitrogens with one attached hydrogen (secondary N) is 1. The lowest BCUT2D eigenvalue weighted by molar-refractivity contribution is -0.0498. The van der Waals surface area contributed by atoms with E-state index >= 15 is 0 Å². The van der Waals surface area contributed by atoms with Crippen LogP contribution >= 0.6 is 15.9 Å². The summed E-state index contributed by atoms with van der Waals surface area (Å²) in [6.07, 6.45) is 0. The lowest BCUT2D eigenvalue weighted by Crippen LogP contribution is -2.01. The molecular weight excluding hydrogens is 306 g/mol. The third-order valence-electron chi connectivity index (χ3n) is 2.07. The SMILES string of the molecule is FC(F)Oc1ccc(Nc2cccc(Br)n2)cc1. The first kappa shape index (κ1) is 12.8. The molecule has 1 N–H and O–H groups in total. The van der Waals surface area contributed by atoms with Gasteiger partial charge in [0.05, 0.1) is 0 Å². The highest BCUT2D eigenvalue weighted by molar-refractivity contribution is 9.10. The van der Waals surface area contributed by atoms with E-state index in [1.54, 1.807) is 18.2 Å². The standard InChI is InChI=1S/C12H9BrF2N2O/c13-10-2-1-3-11(17-10)16-8-4-6-9(7-5-8)18-12(14)15/h1-7,12H,(H,16,17). The molecule has 1 aromatic heterocycles. The molecule has 2 aromatic rings. The monoisotopic (exact) mass is 314 g/mol. The molecule has 18 heavy (non-hydrogen) atoms. The summed E-state index contributed by atoms with van der Waals surface area (Å²) in [6, 6.07) is 11.7. The predicted octanol–water partition coefficient (Wildman–Crippen LogP) is 4.19. The number of ether oxygens (including phenoxy) is 1. The van der Waals surface area contributed by atoms with Crippen molar-refractivity contribution < 1.29 is 13.5 Å². The summed E-state index contributed by atoms with van der Waals surface area (Å²) in [4.78, 5) is 4.19. The number of benzene rings is 1. The molecule has 0 bridgehead atoms. The molecule has 0 unspecified atom stereocenters. The second-order valence-electron chi connectivity index (χ2n) is 3.37. The minimum Gasteiger partial charge on any atom is -0.435 e. The molecule has 0 amide bonds. The molecule has 6 heteroatoms. The van der Waals surface area contributed by atoms with Crippen LogP contribution in [0, 0.1) is 0 Å². The predicted molar refractivity (Wildman–Crippen MR) is 68.3 cm³/mol. The van der Waals surface area contributed by atoms with Crippen molar-refractivity contribution in [3.8, 4) is 5.75 Å². The number of anilines is 2. The summed E-state index contributed by atoms with van der Waals surface area (Å²) in [7, 11) is 0. The minimum absolute atomic E-state index is 0.123. The van der Waals surface area contributed by atoms with Crippen LogP contribution in [0.1, 0.15) is 0 Å². The Bertz CT molecular complexity index is 520. The maximum atomic E-state index is 12.0. The van der Waals surface area contributed by atoms with E-state index in [4.69, 9.17) is 0 Å². The zero-order valence-electron chi connectivity index (χ0n) is 9.11. The van der Waals surface area contributed by atoms with E-state index in [9.17, 15) is 8.78 Å². The third-order valence-corrected chi connectivity index (χ3v) is 2.51. The Labute approximate surface area is 111 Å². The number of nitrogens with zero attached hydrogens (tertiary/aromatic N) is 1. The van der Waals surface area contributed by atoms with Gasteiger partial charge in [-0.05, 0) is 52.3 Å². The molecule has 0 aliphatic heterocycles. The van der Waals surface area contributed by atoms with E-state index in [0.29, 0.717) is 10.4 Å². The quantitative estimate of drug-likeness (QED) is 0.859. The van der Waals surface area contributed by atoms with E-state index in [2.05, 4.69) is 31.0 Å². The smallest absolute Gasteiger partial charge is 0.387 e. The molecular formula is C12H9BrF2N2O. The van der Waals surface area contributed by atoms with E-state index in [-0.39, 0.29) is 5.75 Å². The van der Waals surface area contributed by atoms with Crippen LogP contribution in [0.15, 0.2) is 47.1 Å². The Morgan fingerprint density at radius 3 is 2.44 bits per heavy atom. The Morgan fingerprint density at radius 1 is 1.11 bits per heavy atom. The van der Waals surface area contributed by atoms with Crippen LogP contribution in [0.3, 0.4) is 0 Å². The lowest BCUT2D eigenvalue weighted by atomic mass is 10.3. The van der Waals surface area contributed by atoms with Crippen molar-refractivity contribution in [3.05, 3.63) is 47.1 Å². The first-order chi connectivity index (χ1) is 8.63. The Kier molecular flexibility index (Phi) is 4.09. The van der Waals surface area contributed by atoms with Crippen LogP contribution in [0.4, 0.5) is 20.3 Å². The molecule has 0 radical (unpaired) electrons. The van der Waals surface area contributed by atoms with E-state index in [1.165, 1.54) is 12.1 Å². The number of rotatable bonds is 4. The van der Waals surface area contributed by atoms with E-state index in [0.717, 1.165) is 5.69 Å². The average Bonchev–Trinajstić information content (AvgIpc) is 2.31. The molecule has 0 saturated heterocycles.